The molecule has 3 aromatic rings. The average Bonchev–Trinajstić information content (AvgIpc) is 3.51. The Morgan fingerprint density at radius 2 is 1.71 bits per heavy atom. The van der Waals surface area contributed by atoms with Crippen LogP contribution in [0.3, 0.4) is 0 Å². The van der Waals surface area contributed by atoms with Gasteiger partial charge in [0.1, 0.15) is 24.7 Å². The first-order chi connectivity index (χ1) is 16.8. The van der Waals surface area contributed by atoms with Gasteiger partial charge in [0.2, 0.25) is 17.7 Å². The van der Waals surface area contributed by atoms with E-state index in [0.717, 1.165) is 16.5 Å². The summed E-state index contributed by atoms with van der Waals surface area (Å²) in [6, 6.07) is 3.85. The predicted octanol–water partition coefficient (Wildman–Crippen LogP) is -1.83. The van der Waals surface area contributed by atoms with E-state index in [2.05, 4.69) is 30.9 Å². The average molecular weight is 486 g/mol. The van der Waals surface area contributed by atoms with Crippen LogP contribution in [-0.4, -0.2) is 80.1 Å². The molecule has 9 N–H and O–H groups in total. The molecule has 1 aromatic carbocycles. The summed E-state index contributed by atoms with van der Waals surface area (Å²) in [5, 5.41) is 26.3. The van der Waals surface area contributed by atoms with Gasteiger partial charge in [-0.3, -0.25) is 19.2 Å². The van der Waals surface area contributed by atoms with Crippen LogP contribution in [0.4, 0.5) is 0 Å². The van der Waals surface area contributed by atoms with E-state index in [9.17, 15) is 19.2 Å². The number of rotatable bonds is 12. The predicted molar refractivity (Wildman–Crippen MR) is 124 cm³/mol. The highest BCUT2D eigenvalue weighted by Crippen LogP contribution is 2.19. The number of H-pyrrole nitrogens is 2. The Labute approximate surface area is 199 Å². The number of carbonyl (C=O) groups is 4. The number of nitrogens with one attached hydrogen (secondary N) is 5. The standard InChI is InChI=1S/C22H27N7O6/c23-15(10-30)20(33)28-18(6-13-8-24-11-27-13)22(35)29-17(21(34)26-9-19(31)32)5-12-7-25-16-4-2-1-3-14(12)16/h1-4,7-8,11,15,17-18,25,30H,5-6,9-10,23H2,(H,24,27)(H,26,34)(H,28,33)(H,29,35)(H,31,32). The van der Waals surface area contributed by atoms with Crippen molar-refractivity contribution in [3.05, 3.63) is 54.2 Å². The summed E-state index contributed by atoms with van der Waals surface area (Å²) in [6.45, 7) is -1.25. The highest BCUT2D eigenvalue weighted by Gasteiger charge is 2.29. The number of benzene rings is 1. The van der Waals surface area contributed by atoms with Gasteiger partial charge >= 0.3 is 5.97 Å². The molecule has 3 amide bonds. The number of carboxylic acid groups (broad SMARTS) is 1. The Morgan fingerprint density at radius 1 is 1.00 bits per heavy atom. The monoisotopic (exact) mass is 485 g/mol. The molecule has 2 aromatic heterocycles. The number of aliphatic hydroxyl groups excluding tert-OH is 1. The number of carboxylic acids is 1. The van der Waals surface area contributed by atoms with Crippen LogP contribution >= 0.6 is 0 Å². The SMILES string of the molecule is NC(CO)C(=O)NC(Cc1cnc[nH]1)C(=O)NC(Cc1c[nH]c2ccccc12)C(=O)NCC(=O)O. The van der Waals surface area contributed by atoms with Crippen molar-refractivity contribution in [3.63, 3.8) is 0 Å². The van der Waals surface area contributed by atoms with Crippen LogP contribution in [0.1, 0.15) is 11.3 Å². The molecule has 0 aliphatic carbocycles. The van der Waals surface area contributed by atoms with Gasteiger partial charge in [0.05, 0.1) is 12.9 Å². The van der Waals surface area contributed by atoms with Crippen molar-refractivity contribution in [1.82, 2.24) is 30.9 Å². The molecule has 0 aliphatic rings. The van der Waals surface area contributed by atoms with Crippen LogP contribution in [0, 0.1) is 0 Å². The molecule has 0 saturated heterocycles. The first-order valence-corrected chi connectivity index (χ1v) is 10.8. The second-order valence-corrected chi connectivity index (χ2v) is 7.87. The number of aliphatic carboxylic acids is 1. The van der Waals surface area contributed by atoms with Gasteiger partial charge in [-0.1, -0.05) is 18.2 Å². The van der Waals surface area contributed by atoms with Gasteiger partial charge in [-0.05, 0) is 11.6 Å². The fourth-order valence-corrected chi connectivity index (χ4v) is 3.48. The van der Waals surface area contributed by atoms with E-state index in [4.69, 9.17) is 15.9 Å². The quantitative estimate of drug-likeness (QED) is 0.146. The van der Waals surface area contributed by atoms with E-state index in [1.54, 1.807) is 6.20 Å². The Hall–Kier alpha value is -4.23. The zero-order valence-electron chi connectivity index (χ0n) is 18.7. The number of aliphatic hydroxyl groups is 1. The first-order valence-electron chi connectivity index (χ1n) is 10.8. The van der Waals surface area contributed by atoms with Crippen LogP contribution in [-0.2, 0) is 32.0 Å². The van der Waals surface area contributed by atoms with Crippen molar-refractivity contribution in [3.8, 4) is 0 Å². The number of hydrogen-bond donors (Lipinski definition) is 8. The molecule has 3 unspecified atom stereocenters. The molecule has 0 radical (unpaired) electrons. The number of hydrogen-bond acceptors (Lipinski definition) is 7. The summed E-state index contributed by atoms with van der Waals surface area (Å²) in [7, 11) is 0. The lowest BCUT2D eigenvalue weighted by atomic mass is 10.0. The van der Waals surface area contributed by atoms with Crippen molar-refractivity contribution in [2.45, 2.75) is 31.0 Å². The number of para-hydroxylation sites is 1. The molecule has 0 saturated carbocycles. The molecule has 186 valence electrons. The minimum Gasteiger partial charge on any atom is -0.480 e. The number of nitrogens with zero attached hydrogens (tertiary/aromatic N) is 1. The Balaban J connectivity index is 1.82. The van der Waals surface area contributed by atoms with Crippen LogP contribution in [0.15, 0.2) is 43.0 Å². The number of amides is 3. The van der Waals surface area contributed by atoms with Gasteiger partial charge in [0.25, 0.3) is 0 Å². The van der Waals surface area contributed by atoms with Crippen LogP contribution in [0.5, 0.6) is 0 Å². The van der Waals surface area contributed by atoms with E-state index in [1.165, 1.54) is 12.5 Å². The zero-order valence-corrected chi connectivity index (χ0v) is 18.7. The molecule has 3 atom stereocenters. The van der Waals surface area contributed by atoms with Gasteiger partial charge in [-0.25, -0.2) is 4.98 Å². The molecule has 0 bridgehead atoms. The maximum atomic E-state index is 13.2. The number of imidazole rings is 1. The summed E-state index contributed by atoms with van der Waals surface area (Å²) in [4.78, 5) is 59.0. The first kappa shape index (κ1) is 25.4. The third-order valence-electron chi connectivity index (χ3n) is 5.29. The molecule has 0 fully saturated rings. The smallest absolute Gasteiger partial charge is 0.322 e. The highest BCUT2D eigenvalue weighted by atomic mass is 16.4. The lowest BCUT2D eigenvalue weighted by Crippen LogP contribution is -2.57. The second-order valence-electron chi connectivity index (χ2n) is 7.87. The minimum absolute atomic E-state index is 0.00622. The van der Waals surface area contributed by atoms with E-state index < -0.39 is 55.0 Å². The fourth-order valence-electron chi connectivity index (χ4n) is 3.48. The summed E-state index contributed by atoms with van der Waals surface area (Å²) in [6.07, 6.45) is 4.65. The zero-order chi connectivity index (χ0) is 25.4. The lowest BCUT2D eigenvalue weighted by Gasteiger charge is -2.23. The fraction of sp³-hybridized carbons (Fsp3) is 0.318. The maximum absolute atomic E-state index is 13.2. The van der Waals surface area contributed by atoms with E-state index in [0.29, 0.717) is 5.69 Å². The molecule has 13 heteroatoms. The summed E-state index contributed by atoms with van der Waals surface area (Å²) >= 11 is 0. The van der Waals surface area contributed by atoms with Gasteiger partial charge in [0.15, 0.2) is 0 Å². The molecule has 13 nitrogen and oxygen atoms in total. The number of carbonyl (C=O) groups excluding carboxylic acids is 3. The van der Waals surface area contributed by atoms with Crippen LogP contribution in [0.2, 0.25) is 0 Å². The Kier molecular flexibility index (Phi) is 8.53. The van der Waals surface area contributed by atoms with Crippen molar-refractivity contribution in [1.29, 1.82) is 0 Å². The van der Waals surface area contributed by atoms with Crippen LogP contribution < -0.4 is 21.7 Å². The van der Waals surface area contributed by atoms with Crippen molar-refractivity contribution < 1.29 is 29.4 Å². The summed E-state index contributed by atoms with van der Waals surface area (Å²) in [5.74, 6) is -3.40. The highest BCUT2D eigenvalue weighted by molar-refractivity contribution is 5.94. The minimum atomic E-state index is -1.24. The summed E-state index contributed by atoms with van der Waals surface area (Å²) in [5.41, 5.74) is 7.66. The Morgan fingerprint density at radius 3 is 2.40 bits per heavy atom. The van der Waals surface area contributed by atoms with Crippen molar-refractivity contribution in [2.24, 2.45) is 5.73 Å². The van der Waals surface area contributed by atoms with E-state index in [1.807, 2.05) is 24.3 Å². The number of aromatic nitrogens is 3. The number of nitrogens with two attached hydrogens (primary N) is 1. The van der Waals surface area contributed by atoms with Gasteiger partial charge in [-0.15, -0.1) is 0 Å². The third kappa shape index (κ3) is 6.88. The van der Waals surface area contributed by atoms with Crippen molar-refractivity contribution in [2.75, 3.05) is 13.2 Å². The molecule has 0 spiro atoms. The lowest BCUT2D eigenvalue weighted by molar-refractivity contribution is -0.138. The van der Waals surface area contributed by atoms with Gasteiger partial charge in [-0.2, -0.15) is 0 Å². The van der Waals surface area contributed by atoms with Gasteiger partial charge < -0.3 is 41.9 Å². The molecule has 3 rings (SSSR count). The number of fused-ring (bicyclic) bond motifs is 1. The molecule has 35 heavy (non-hydrogen) atoms. The summed E-state index contributed by atoms with van der Waals surface area (Å²) < 4.78 is 0. The van der Waals surface area contributed by atoms with Gasteiger partial charge in [0, 0.05) is 41.8 Å². The topological polar surface area (TPSA) is 215 Å². The van der Waals surface area contributed by atoms with E-state index >= 15 is 0 Å². The Bertz CT molecular complexity index is 1180. The molecular formula is C22H27N7O6. The normalized spacial score (nSPS) is 13.5. The van der Waals surface area contributed by atoms with E-state index in [-0.39, 0.29) is 12.8 Å². The molecule has 0 aliphatic heterocycles. The molecule has 2 heterocycles. The second kappa shape index (κ2) is 11.8. The van der Waals surface area contributed by atoms with Crippen LogP contribution in [0.25, 0.3) is 10.9 Å². The third-order valence-corrected chi connectivity index (χ3v) is 5.29. The molecular weight excluding hydrogens is 458 g/mol. The number of aromatic amines is 2. The van der Waals surface area contributed by atoms with Crippen molar-refractivity contribution >= 4 is 34.6 Å². The largest absolute Gasteiger partial charge is 0.480 e. The maximum Gasteiger partial charge on any atom is 0.322 e.